The highest BCUT2D eigenvalue weighted by Crippen LogP contribution is 2.28. The van der Waals surface area contributed by atoms with E-state index in [4.69, 9.17) is 4.74 Å². The third-order valence-electron chi connectivity index (χ3n) is 5.06. The first kappa shape index (κ1) is 17.1. The Bertz CT molecular complexity index is 971. The fourth-order valence-corrected chi connectivity index (χ4v) is 4.52. The van der Waals surface area contributed by atoms with Crippen LogP contribution in [0.15, 0.2) is 47.3 Å². The molecule has 1 fully saturated rings. The summed E-state index contributed by atoms with van der Waals surface area (Å²) < 4.78 is 8.28. The quantitative estimate of drug-likeness (QED) is 0.709. The lowest BCUT2D eigenvalue weighted by Gasteiger charge is -2.36. The van der Waals surface area contributed by atoms with Crippen LogP contribution >= 0.6 is 11.3 Å². The van der Waals surface area contributed by atoms with Crippen molar-refractivity contribution in [3.05, 3.63) is 57.7 Å². The van der Waals surface area contributed by atoms with Crippen molar-refractivity contribution in [1.82, 2.24) is 9.47 Å². The number of fused-ring (bicyclic) bond motifs is 1. The van der Waals surface area contributed by atoms with Crippen LogP contribution in [-0.4, -0.2) is 42.8 Å². The summed E-state index contributed by atoms with van der Waals surface area (Å²) in [5.41, 5.74) is 3.46. The Morgan fingerprint density at radius 3 is 2.62 bits per heavy atom. The fourth-order valence-electron chi connectivity index (χ4n) is 3.57. The SMILES string of the molecule is COc1ccccc1N1CCN(Cc2ccc3c(c2)sc(=O)n3C)CC1. The lowest BCUT2D eigenvalue weighted by molar-refractivity contribution is 0.249. The number of hydrogen-bond acceptors (Lipinski definition) is 5. The molecule has 1 aromatic heterocycles. The van der Waals surface area contributed by atoms with E-state index in [1.165, 1.54) is 22.6 Å². The lowest BCUT2D eigenvalue weighted by Crippen LogP contribution is -2.46. The van der Waals surface area contributed by atoms with Crippen LogP contribution in [0.2, 0.25) is 0 Å². The maximum Gasteiger partial charge on any atom is 0.307 e. The third-order valence-corrected chi connectivity index (χ3v) is 6.06. The number of benzene rings is 2. The molecule has 0 unspecified atom stereocenters. The van der Waals surface area contributed by atoms with Crippen molar-refractivity contribution in [1.29, 1.82) is 0 Å². The first-order valence-corrected chi connectivity index (χ1v) is 9.66. The molecule has 0 amide bonds. The minimum absolute atomic E-state index is 0.0996. The second-order valence-electron chi connectivity index (χ2n) is 6.66. The van der Waals surface area contributed by atoms with Gasteiger partial charge in [0.2, 0.25) is 0 Å². The second kappa shape index (κ2) is 7.13. The van der Waals surface area contributed by atoms with Gasteiger partial charge in [0.05, 0.1) is 23.0 Å². The summed E-state index contributed by atoms with van der Waals surface area (Å²) in [7, 11) is 3.56. The van der Waals surface area contributed by atoms with Crippen molar-refractivity contribution in [2.75, 3.05) is 38.2 Å². The van der Waals surface area contributed by atoms with E-state index in [1.54, 1.807) is 11.7 Å². The first-order chi connectivity index (χ1) is 12.7. The van der Waals surface area contributed by atoms with Crippen LogP contribution in [0.25, 0.3) is 10.2 Å². The van der Waals surface area contributed by atoms with E-state index in [9.17, 15) is 4.79 Å². The van der Waals surface area contributed by atoms with Crippen LogP contribution in [-0.2, 0) is 13.6 Å². The van der Waals surface area contributed by atoms with Crippen LogP contribution in [0.4, 0.5) is 5.69 Å². The average Bonchev–Trinajstić information content (AvgIpc) is 2.96. The van der Waals surface area contributed by atoms with E-state index in [0.717, 1.165) is 48.7 Å². The van der Waals surface area contributed by atoms with Crippen LogP contribution in [0.3, 0.4) is 0 Å². The van der Waals surface area contributed by atoms with Gasteiger partial charge in [0.15, 0.2) is 0 Å². The Balaban J connectivity index is 1.43. The van der Waals surface area contributed by atoms with E-state index in [1.807, 2.05) is 19.2 Å². The van der Waals surface area contributed by atoms with Gasteiger partial charge in [-0.2, -0.15) is 0 Å². The van der Waals surface area contributed by atoms with E-state index >= 15 is 0 Å². The van der Waals surface area contributed by atoms with Crippen LogP contribution in [0.5, 0.6) is 5.75 Å². The molecule has 0 atom stereocenters. The molecule has 0 radical (unpaired) electrons. The molecule has 5 nitrogen and oxygen atoms in total. The van der Waals surface area contributed by atoms with Crippen molar-refractivity contribution in [3.63, 3.8) is 0 Å². The standard InChI is InChI=1S/C20H23N3O2S/c1-21-17-8-7-15(13-19(17)26-20(21)24)14-22-9-11-23(12-10-22)16-5-3-4-6-18(16)25-2/h3-8,13H,9-12,14H2,1-2H3. The minimum Gasteiger partial charge on any atom is -0.495 e. The minimum atomic E-state index is 0.0996. The van der Waals surface area contributed by atoms with Gasteiger partial charge in [-0.1, -0.05) is 29.5 Å². The fraction of sp³-hybridized carbons (Fsp3) is 0.350. The van der Waals surface area contributed by atoms with E-state index < -0.39 is 0 Å². The predicted octanol–water partition coefficient (Wildman–Crippen LogP) is 2.93. The van der Waals surface area contributed by atoms with Gasteiger partial charge in [-0.25, -0.2) is 0 Å². The zero-order chi connectivity index (χ0) is 18.1. The first-order valence-electron chi connectivity index (χ1n) is 8.84. The molecular weight excluding hydrogens is 346 g/mol. The number of thiazole rings is 1. The van der Waals surface area contributed by atoms with Crippen LogP contribution < -0.4 is 14.5 Å². The van der Waals surface area contributed by atoms with Gasteiger partial charge in [-0.05, 0) is 29.8 Å². The second-order valence-corrected chi connectivity index (χ2v) is 7.66. The highest BCUT2D eigenvalue weighted by atomic mass is 32.1. The maximum absolute atomic E-state index is 11.8. The number of aryl methyl sites for hydroxylation is 1. The van der Waals surface area contributed by atoms with E-state index in [0.29, 0.717) is 0 Å². The summed E-state index contributed by atoms with van der Waals surface area (Å²) in [6.07, 6.45) is 0. The van der Waals surface area contributed by atoms with Gasteiger partial charge in [-0.3, -0.25) is 9.69 Å². The molecule has 0 N–H and O–H groups in total. The monoisotopic (exact) mass is 369 g/mol. The zero-order valence-electron chi connectivity index (χ0n) is 15.1. The smallest absolute Gasteiger partial charge is 0.307 e. The van der Waals surface area contributed by atoms with Gasteiger partial charge < -0.3 is 14.2 Å². The van der Waals surface area contributed by atoms with Crippen molar-refractivity contribution in [3.8, 4) is 5.75 Å². The van der Waals surface area contributed by atoms with Crippen molar-refractivity contribution < 1.29 is 4.74 Å². The largest absolute Gasteiger partial charge is 0.495 e. The molecule has 4 rings (SSSR count). The molecule has 136 valence electrons. The summed E-state index contributed by atoms with van der Waals surface area (Å²) in [5.74, 6) is 0.936. The van der Waals surface area contributed by atoms with E-state index in [-0.39, 0.29) is 4.87 Å². The van der Waals surface area contributed by atoms with Gasteiger partial charge >= 0.3 is 4.87 Å². The molecule has 6 heteroatoms. The molecular formula is C20H23N3O2S. The Hall–Kier alpha value is -2.31. The molecule has 1 aliphatic heterocycles. The van der Waals surface area contributed by atoms with E-state index in [2.05, 4.69) is 40.1 Å². The Morgan fingerprint density at radius 1 is 1.08 bits per heavy atom. The lowest BCUT2D eigenvalue weighted by atomic mass is 10.1. The number of piperazine rings is 1. The molecule has 3 aromatic rings. The van der Waals surface area contributed by atoms with Gasteiger partial charge in [0, 0.05) is 39.8 Å². The molecule has 1 aliphatic rings. The highest BCUT2D eigenvalue weighted by molar-refractivity contribution is 7.16. The Labute approximate surface area is 157 Å². The maximum atomic E-state index is 11.8. The number of hydrogen-bond donors (Lipinski definition) is 0. The van der Waals surface area contributed by atoms with Crippen molar-refractivity contribution in [2.45, 2.75) is 6.54 Å². The molecule has 0 aliphatic carbocycles. The number of methoxy groups -OCH3 is 1. The van der Waals surface area contributed by atoms with Crippen molar-refractivity contribution >= 4 is 27.2 Å². The third kappa shape index (κ3) is 3.22. The van der Waals surface area contributed by atoms with Crippen LogP contribution in [0.1, 0.15) is 5.56 Å². The normalized spacial score (nSPS) is 15.5. The van der Waals surface area contributed by atoms with Gasteiger partial charge in [0.1, 0.15) is 5.75 Å². The molecule has 1 saturated heterocycles. The summed E-state index contributed by atoms with van der Waals surface area (Å²) in [6, 6.07) is 14.6. The number of rotatable bonds is 4. The number of ether oxygens (including phenoxy) is 1. The highest BCUT2D eigenvalue weighted by Gasteiger charge is 2.19. The summed E-state index contributed by atoms with van der Waals surface area (Å²) in [5, 5.41) is 0. The molecule has 0 spiro atoms. The summed E-state index contributed by atoms with van der Waals surface area (Å²) in [4.78, 5) is 16.8. The molecule has 2 aromatic carbocycles. The number of aromatic nitrogens is 1. The van der Waals surface area contributed by atoms with Crippen LogP contribution in [0, 0.1) is 0 Å². The Morgan fingerprint density at radius 2 is 1.85 bits per heavy atom. The Kier molecular flexibility index (Phi) is 4.70. The number of para-hydroxylation sites is 2. The molecule has 0 saturated carbocycles. The van der Waals surface area contributed by atoms with Crippen molar-refractivity contribution in [2.24, 2.45) is 7.05 Å². The average molecular weight is 369 g/mol. The number of nitrogens with zero attached hydrogens (tertiary/aromatic N) is 3. The zero-order valence-corrected chi connectivity index (χ0v) is 16.0. The van der Waals surface area contributed by atoms with Gasteiger partial charge in [0.25, 0.3) is 0 Å². The number of anilines is 1. The summed E-state index contributed by atoms with van der Waals surface area (Å²) in [6.45, 7) is 4.93. The predicted molar refractivity (Wildman–Crippen MR) is 108 cm³/mol. The topological polar surface area (TPSA) is 37.7 Å². The van der Waals surface area contributed by atoms with Gasteiger partial charge in [-0.15, -0.1) is 0 Å². The molecule has 26 heavy (non-hydrogen) atoms. The molecule has 0 bridgehead atoms. The summed E-state index contributed by atoms with van der Waals surface area (Å²) >= 11 is 1.32. The molecule has 2 heterocycles.